The van der Waals surface area contributed by atoms with E-state index < -0.39 is 30.1 Å². The normalized spacial score (nSPS) is 20.6. The number of hydrogen-bond donors (Lipinski definition) is 4. The van der Waals surface area contributed by atoms with Crippen LogP contribution < -0.4 is 10.6 Å². The molecule has 2 amide bonds. The van der Waals surface area contributed by atoms with Crippen molar-refractivity contribution in [1.29, 1.82) is 0 Å². The highest BCUT2D eigenvalue weighted by Gasteiger charge is 2.38. The second-order valence-corrected chi connectivity index (χ2v) is 8.64. The van der Waals surface area contributed by atoms with Crippen molar-refractivity contribution in [1.82, 2.24) is 20.8 Å². The predicted molar refractivity (Wildman–Crippen MR) is 120 cm³/mol. The third-order valence-electron chi connectivity index (χ3n) is 5.41. The van der Waals surface area contributed by atoms with Crippen LogP contribution in [0.15, 0.2) is 35.2 Å². The van der Waals surface area contributed by atoms with Gasteiger partial charge in [0, 0.05) is 18.9 Å². The van der Waals surface area contributed by atoms with Gasteiger partial charge in [-0.2, -0.15) is 5.10 Å². The van der Waals surface area contributed by atoms with Crippen LogP contribution in [0.4, 0.5) is 0 Å². The first-order valence-corrected chi connectivity index (χ1v) is 11.5. The van der Waals surface area contributed by atoms with E-state index >= 15 is 0 Å². The summed E-state index contributed by atoms with van der Waals surface area (Å²) in [7, 11) is 0. The quantitative estimate of drug-likeness (QED) is 0.455. The number of hydrogen-bond acceptors (Lipinski definition) is 6. The van der Waals surface area contributed by atoms with Crippen LogP contribution in [-0.2, 0) is 14.3 Å². The highest BCUT2D eigenvalue weighted by Crippen LogP contribution is 2.26. The number of carboxylic acid groups (broad SMARTS) is 1. The summed E-state index contributed by atoms with van der Waals surface area (Å²) in [6.07, 6.45) is 2.29. The number of H-pyrrole nitrogens is 1. The molecule has 1 aliphatic rings. The first-order valence-electron chi connectivity index (χ1n) is 10.6. The van der Waals surface area contributed by atoms with E-state index in [1.54, 1.807) is 6.07 Å². The van der Waals surface area contributed by atoms with Gasteiger partial charge in [0.15, 0.2) is 5.69 Å². The van der Waals surface area contributed by atoms with E-state index in [0.717, 1.165) is 17.7 Å². The van der Waals surface area contributed by atoms with Crippen LogP contribution in [0.5, 0.6) is 0 Å². The molecule has 2 heterocycles. The number of nitrogens with one attached hydrogen (secondary N) is 3. The number of carbonyl (C=O) groups is 3. The molecular formula is C22H28N4O5S. The van der Waals surface area contributed by atoms with Crippen LogP contribution >= 0.6 is 11.3 Å². The minimum absolute atomic E-state index is 0.0526. The largest absolute Gasteiger partial charge is 0.478 e. The van der Waals surface area contributed by atoms with E-state index in [2.05, 4.69) is 20.8 Å². The molecule has 3 rings (SSSR count). The number of aromatic amines is 1. The van der Waals surface area contributed by atoms with Gasteiger partial charge in [-0.05, 0) is 36.4 Å². The van der Waals surface area contributed by atoms with E-state index in [0.29, 0.717) is 5.69 Å². The SMILES string of the molecule is CCC(CC)O[C@@H]1C=C(C(=O)O)C[C@H](NC(=O)c2cc(-c3cccs3)[nH]n2)[C@H]1NC(C)=O. The van der Waals surface area contributed by atoms with Gasteiger partial charge in [0.1, 0.15) is 0 Å². The summed E-state index contributed by atoms with van der Waals surface area (Å²) in [5.41, 5.74) is 1.03. The fourth-order valence-electron chi connectivity index (χ4n) is 3.75. The molecule has 0 saturated heterocycles. The van der Waals surface area contributed by atoms with Crippen LogP contribution in [0, 0.1) is 0 Å². The Balaban J connectivity index is 1.84. The molecule has 4 N–H and O–H groups in total. The summed E-state index contributed by atoms with van der Waals surface area (Å²) in [5, 5.41) is 24.2. The number of nitrogens with zero attached hydrogens (tertiary/aromatic N) is 1. The lowest BCUT2D eigenvalue weighted by Gasteiger charge is -2.38. The number of ether oxygens (including phenoxy) is 1. The summed E-state index contributed by atoms with van der Waals surface area (Å²) in [6.45, 7) is 5.34. The molecule has 2 aromatic heterocycles. The fourth-order valence-corrected chi connectivity index (χ4v) is 4.44. The van der Waals surface area contributed by atoms with Gasteiger partial charge < -0.3 is 20.5 Å². The van der Waals surface area contributed by atoms with Crippen molar-refractivity contribution in [2.45, 2.75) is 64.3 Å². The minimum Gasteiger partial charge on any atom is -0.478 e. The summed E-state index contributed by atoms with van der Waals surface area (Å²) >= 11 is 1.52. The molecule has 0 spiro atoms. The van der Waals surface area contributed by atoms with Crippen molar-refractivity contribution >= 4 is 29.1 Å². The summed E-state index contributed by atoms with van der Waals surface area (Å²) < 4.78 is 6.13. The van der Waals surface area contributed by atoms with Gasteiger partial charge in [0.2, 0.25) is 5.91 Å². The van der Waals surface area contributed by atoms with Crippen molar-refractivity contribution in [3.05, 3.63) is 40.9 Å². The lowest BCUT2D eigenvalue weighted by Crippen LogP contribution is -2.59. The lowest BCUT2D eigenvalue weighted by molar-refractivity contribution is -0.133. The number of aromatic nitrogens is 2. The lowest BCUT2D eigenvalue weighted by atomic mass is 9.87. The van der Waals surface area contributed by atoms with Crippen molar-refractivity contribution < 1.29 is 24.2 Å². The molecule has 0 saturated carbocycles. The van der Waals surface area contributed by atoms with Gasteiger partial charge in [-0.15, -0.1) is 11.3 Å². The Morgan fingerprint density at radius 3 is 2.66 bits per heavy atom. The smallest absolute Gasteiger partial charge is 0.331 e. The first kappa shape index (κ1) is 23.7. The van der Waals surface area contributed by atoms with E-state index in [4.69, 9.17) is 4.74 Å². The maximum absolute atomic E-state index is 12.9. The molecule has 0 radical (unpaired) electrons. The molecule has 32 heavy (non-hydrogen) atoms. The Bertz CT molecular complexity index is 980. The Labute approximate surface area is 190 Å². The third kappa shape index (κ3) is 5.63. The third-order valence-corrected chi connectivity index (χ3v) is 6.31. The Morgan fingerprint density at radius 1 is 1.31 bits per heavy atom. The predicted octanol–water partition coefficient (Wildman–Crippen LogP) is 2.73. The van der Waals surface area contributed by atoms with Crippen molar-refractivity contribution in [3.63, 3.8) is 0 Å². The van der Waals surface area contributed by atoms with Gasteiger partial charge in [0.05, 0.1) is 34.9 Å². The molecule has 3 atom stereocenters. The molecule has 1 aliphatic carbocycles. The van der Waals surface area contributed by atoms with Crippen LogP contribution in [0.25, 0.3) is 10.6 Å². The minimum atomic E-state index is -1.08. The zero-order valence-corrected chi connectivity index (χ0v) is 19.1. The molecular weight excluding hydrogens is 432 g/mol. The van der Waals surface area contributed by atoms with Crippen LogP contribution in [-0.4, -0.2) is 57.4 Å². The van der Waals surface area contributed by atoms with Gasteiger partial charge in [-0.3, -0.25) is 14.7 Å². The van der Waals surface area contributed by atoms with Crippen molar-refractivity contribution in [3.8, 4) is 10.6 Å². The molecule has 0 bridgehead atoms. The van der Waals surface area contributed by atoms with E-state index in [9.17, 15) is 19.5 Å². The maximum atomic E-state index is 12.9. The number of carbonyl (C=O) groups excluding carboxylic acids is 2. The Kier molecular flexibility index (Phi) is 7.81. The number of aliphatic carboxylic acids is 1. The Morgan fingerprint density at radius 2 is 2.06 bits per heavy atom. The molecule has 2 aromatic rings. The topological polar surface area (TPSA) is 133 Å². The van der Waals surface area contributed by atoms with Crippen LogP contribution in [0.1, 0.15) is 50.5 Å². The second kappa shape index (κ2) is 10.6. The average Bonchev–Trinajstić information content (AvgIpc) is 3.45. The monoisotopic (exact) mass is 460 g/mol. The number of carboxylic acids is 1. The fraction of sp³-hybridized carbons (Fsp3) is 0.455. The average molecular weight is 461 g/mol. The molecule has 0 aromatic carbocycles. The van der Waals surface area contributed by atoms with Crippen molar-refractivity contribution in [2.75, 3.05) is 0 Å². The molecule has 9 nitrogen and oxygen atoms in total. The molecule has 0 aliphatic heterocycles. The number of amides is 2. The zero-order valence-electron chi connectivity index (χ0n) is 18.3. The van der Waals surface area contributed by atoms with Crippen molar-refractivity contribution in [2.24, 2.45) is 0 Å². The highest BCUT2D eigenvalue weighted by atomic mass is 32.1. The molecule has 10 heteroatoms. The summed E-state index contributed by atoms with van der Waals surface area (Å²) in [6, 6.07) is 4.17. The first-order chi connectivity index (χ1) is 15.3. The van der Waals surface area contributed by atoms with E-state index in [1.165, 1.54) is 24.3 Å². The van der Waals surface area contributed by atoms with E-state index in [1.807, 2.05) is 31.4 Å². The molecule has 172 valence electrons. The summed E-state index contributed by atoms with van der Waals surface area (Å²) in [5.74, 6) is -1.83. The zero-order chi connectivity index (χ0) is 23.3. The van der Waals surface area contributed by atoms with Crippen LogP contribution in [0.2, 0.25) is 0 Å². The van der Waals surface area contributed by atoms with Gasteiger partial charge in [-0.25, -0.2) is 4.79 Å². The number of rotatable bonds is 9. The summed E-state index contributed by atoms with van der Waals surface area (Å²) in [4.78, 5) is 37.5. The van der Waals surface area contributed by atoms with E-state index in [-0.39, 0.29) is 29.7 Å². The van der Waals surface area contributed by atoms with Gasteiger partial charge >= 0.3 is 5.97 Å². The molecule has 0 unspecified atom stereocenters. The standard InChI is InChI=1S/C22H28N4O5S/c1-4-14(5-2)31-18-10-13(22(29)30)9-16(20(18)23-12(3)27)24-21(28)17-11-15(25-26-17)19-7-6-8-32-19/h6-8,10-11,14,16,18,20H,4-5,9H2,1-3H3,(H,23,27)(H,24,28)(H,25,26)(H,29,30)/t16-,18+,20+/m0/s1. The number of thiophene rings is 1. The van der Waals surface area contributed by atoms with Gasteiger partial charge in [0.25, 0.3) is 5.91 Å². The highest BCUT2D eigenvalue weighted by molar-refractivity contribution is 7.13. The second-order valence-electron chi connectivity index (χ2n) is 7.69. The Hall–Kier alpha value is -2.98. The van der Waals surface area contributed by atoms with Crippen LogP contribution in [0.3, 0.4) is 0 Å². The molecule has 0 fully saturated rings. The van der Waals surface area contributed by atoms with Gasteiger partial charge in [-0.1, -0.05) is 19.9 Å². The maximum Gasteiger partial charge on any atom is 0.331 e.